The standard InChI is InChI=1S/C15H29NO3/c1-12(2)8-6-7-11-16-13(17)9-10-14(18)19-15(3,4)5/h12H,6-11H2,1-5H3,(H,16,17). The summed E-state index contributed by atoms with van der Waals surface area (Å²) >= 11 is 0. The van der Waals surface area contributed by atoms with E-state index in [4.69, 9.17) is 4.74 Å². The van der Waals surface area contributed by atoms with Crippen LogP contribution in [0.25, 0.3) is 0 Å². The molecule has 0 aliphatic heterocycles. The zero-order valence-electron chi connectivity index (χ0n) is 13.0. The predicted octanol–water partition coefficient (Wildman–Crippen LogP) is 3.05. The van der Waals surface area contributed by atoms with E-state index in [-0.39, 0.29) is 24.7 Å². The van der Waals surface area contributed by atoms with Crippen LogP contribution in [0.5, 0.6) is 0 Å². The summed E-state index contributed by atoms with van der Waals surface area (Å²) in [5, 5.41) is 2.83. The fraction of sp³-hybridized carbons (Fsp3) is 0.867. The van der Waals surface area contributed by atoms with Crippen LogP contribution in [-0.4, -0.2) is 24.0 Å². The quantitative estimate of drug-likeness (QED) is 0.545. The lowest BCUT2D eigenvalue weighted by Gasteiger charge is -2.19. The first-order valence-corrected chi connectivity index (χ1v) is 7.19. The molecule has 0 aromatic heterocycles. The van der Waals surface area contributed by atoms with E-state index in [9.17, 15) is 9.59 Å². The Kier molecular flexibility index (Phi) is 8.44. The minimum Gasteiger partial charge on any atom is -0.460 e. The maximum absolute atomic E-state index is 11.5. The number of hydrogen-bond acceptors (Lipinski definition) is 3. The first-order valence-electron chi connectivity index (χ1n) is 7.19. The van der Waals surface area contributed by atoms with Gasteiger partial charge in [0.2, 0.25) is 5.91 Å². The van der Waals surface area contributed by atoms with Gasteiger partial charge in [-0.25, -0.2) is 0 Å². The second-order valence-electron chi connectivity index (χ2n) is 6.33. The Morgan fingerprint density at radius 3 is 2.26 bits per heavy atom. The first-order chi connectivity index (χ1) is 8.70. The molecule has 0 saturated carbocycles. The Bertz CT molecular complexity index is 280. The highest BCUT2D eigenvalue weighted by atomic mass is 16.6. The second-order valence-corrected chi connectivity index (χ2v) is 6.33. The SMILES string of the molecule is CC(C)CCCCNC(=O)CCC(=O)OC(C)(C)C. The van der Waals surface area contributed by atoms with E-state index in [0.717, 1.165) is 12.8 Å². The van der Waals surface area contributed by atoms with Gasteiger partial charge in [0.1, 0.15) is 5.60 Å². The highest BCUT2D eigenvalue weighted by Crippen LogP contribution is 2.09. The Morgan fingerprint density at radius 2 is 1.74 bits per heavy atom. The molecule has 0 atom stereocenters. The van der Waals surface area contributed by atoms with E-state index >= 15 is 0 Å². The van der Waals surface area contributed by atoms with Crippen LogP contribution in [0.15, 0.2) is 0 Å². The van der Waals surface area contributed by atoms with Gasteiger partial charge in [0.15, 0.2) is 0 Å². The minimum absolute atomic E-state index is 0.0737. The summed E-state index contributed by atoms with van der Waals surface area (Å²) < 4.78 is 5.14. The molecule has 1 amide bonds. The molecule has 0 saturated heterocycles. The van der Waals surface area contributed by atoms with Crippen molar-refractivity contribution in [3.05, 3.63) is 0 Å². The summed E-state index contributed by atoms with van der Waals surface area (Å²) in [6.45, 7) is 10.5. The number of hydrogen-bond donors (Lipinski definition) is 1. The predicted molar refractivity (Wildman–Crippen MR) is 76.8 cm³/mol. The summed E-state index contributed by atoms with van der Waals surface area (Å²) in [5.74, 6) is 0.320. The largest absolute Gasteiger partial charge is 0.460 e. The Balaban J connectivity index is 3.57. The van der Waals surface area contributed by atoms with Crippen LogP contribution in [0, 0.1) is 5.92 Å². The average Bonchev–Trinajstić information content (AvgIpc) is 2.23. The van der Waals surface area contributed by atoms with Crippen molar-refractivity contribution < 1.29 is 14.3 Å². The van der Waals surface area contributed by atoms with E-state index in [0.29, 0.717) is 12.5 Å². The van der Waals surface area contributed by atoms with Crippen molar-refractivity contribution in [1.29, 1.82) is 0 Å². The minimum atomic E-state index is -0.482. The average molecular weight is 271 g/mol. The fourth-order valence-electron chi connectivity index (χ4n) is 1.60. The lowest BCUT2D eigenvalue weighted by Crippen LogP contribution is -2.27. The molecule has 0 fully saturated rings. The third-order valence-corrected chi connectivity index (χ3v) is 2.51. The maximum Gasteiger partial charge on any atom is 0.306 e. The van der Waals surface area contributed by atoms with E-state index < -0.39 is 5.60 Å². The molecule has 0 rings (SSSR count). The number of unbranched alkanes of at least 4 members (excludes halogenated alkanes) is 1. The molecule has 0 spiro atoms. The van der Waals surface area contributed by atoms with E-state index in [1.165, 1.54) is 6.42 Å². The van der Waals surface area contributed by atoms with Gasteiger partial charge in [-0.05, 0) is 33.1 Å². The first kappa shape index (κ1) is 17.9. The molecule has 0 aromatic rings. The molecule has 4 heteroatoms. The highest BCUT2D eigenvalue weighted by molar-refractivity contribution is 5.81. The molecule has 0 unspecified atom stereocenters. The van der Waals surface area contributed by atoms with Gasteiger partial charge in [-0.1, -0.05) is 26.7 Å². The summed E-state index contributed by atoms with van der Waals surface area (Å²) in [4.78, 5) is 22.9. The number of carbonyl (C=O) groups is 2. The molecule has 4 nitrogen and oxygen atoms in total. The molecule has 0 aliphatic carbocycles. The summed E-state index contributed by atoms with van der Waals surface area (Å²) in [6, 6.07) is 0. The molecule has 19 heavy (non-hydrogen) atoms. The third kappa shape index (κ3) is 13.2. The molecule has 1 N–H and O–H groups in total. The zero-order valence-corrected chi connectivity index (χ0v) is 13.0. The molecule has 0 aromatic carbocycles. The smallest absolute Gasteiger partial charge is 0.306 e. The number of nitrogens with one attached hydrogen (secondary N) is 1. The molecule has 0 bridgehead atoms. The van der Waals surface area contributed by atoms with Crippen molar-refractivity contribution in [3.63, 3.8) is 0 Å². The summed E-state index contributed by atoms with van der Waals surface area (Å²) in [5.41, 5.74) is -0.482. The van der Waals surface area contributed by atoms with Crippen LogP contribution < -0.4 is 5.32 Å². The van der Waals surface area contributed by atoms with E-state index in [1.54, 1.807) is 0 Å². The van der Waals surface area contributed by atoms with Crippen LogP contribution in [0.3, 0.4) is 0 Å². The molecule has 0 heterocycles. The van der Waals surface area contributed by atoms with E-state index in [2.05, 4.69) is 19.2 Å². The lowest BCUT2D eigenvalue weighted by molar-refractivity contribution is -0.155. The molecular formula is C15H29NO3. The van der Waals surface area contributed by atoms with Crippen molar-refractivity contribution in [2.75, 3.05) is 6.54 Å². The van der Waals surface area contributed by atoms with Gasteiger partial charge in [0.25, 0.3) is 0 Å². The topological polar surface area (TPSA) is 55.4 Å². The third-order valence-electron chi connectivity index (χ3n) is 2.51. The number of rotatable bonds is 8. The summed E-state index contributed by atoms with van der Waals surface area (Å²) in [7, 11) is 0. The van der Waals surface area contributed by atoms with Crippen molar-refractivity contribution in [3.8, 4) is 0 Å². The molecule has 112 valence electrons. The van der Waals surface area contributed by atoms with E-state index in [1.807, 2.05) is 20.8 Å². The molecular weight excluding hydrogens is 242 g/mol. The number of esters is 1. The monoisotopic (exact) mass is 271 g/mol. The van der Waals surface area contributed by atoms with Crippen molar-refractivity contribution in [2.24, 2.45) is 5.92 Å². The number of carbonyl (C=O) groups excluding carboxylic acids is 2. The second kappa shape index (κ2) is 8.94. The summed E-state index contributed by atoms with van der Waals surface area (Å²) in [6.07, 6.45) is 3.67. The van der Waals surface area contributed by atoms with Crippen LogP contribution >= 0.6 is 0 Å². The van der Waals surface area contributed by atoms with Crippen molar-refractivity contribution in [1.82, 2.24) is 5.32 Å². The fourth-order valence-corrected chi connectivity index (χ4v) is 1.60. The van der Waals surface area contributed by atoms with Gasteiger partial charge >= 0.3 is 5.97 Å². The molecule has 0 radical (unpaired) electrons. The van der Waals surface area contributed by atoms with Crippen LogP contribution in [0.2, 0.25) is 0 Å². The highest BCUT2D eigenvalue weighted by Gasteiger charge is 2.16. The van der Waals surface area contributed by atoms with Gasteiger partial charge in [0.05, 0.1) is 6.42 Å². The Labute approximate surface area is 117 Å². The normalized spacial score (nSPS) is 11.5. The number of ether oxygens (including phenoxy) is 1. The van der Waals surface area contributed by atoms with Crippen LogP contribution in [-0.2, 0) is 14.3 Å². The van der Waals surface area contributed by atoms with Gasteiger partial charge in [0, 0.05) is 13.0 Å². The van der Waals surface area contributed by atoms with Crippen LogP contribution in [0.4, 0.5) is 0 Å². The lowest BCUT2D eigenvalue weighted by atomic mass is 10.1. The maximum atomic E-state index is 11.5. The van der Waals surface area contributed by atoms with Gasteiger partial charge in [-0.2, -0.15) is 0 Å². The van der Waals surface area contributed by atoms with Gasteiger partial charge in [-0.3, -0.25) is 9.59 Å². The Morgan fingerprint density at radius 1 is 1.11 bits per heavy atom. The van der Waals surface area contributed by atoms with Gasteiger partial charge < -0.3 is 10.1 Å². The van der Waals surface area contributed by atoms with Crippen molar-refractivity contribution >= 4 is 11.9 Å². The zero-order chi connectivity index (χ0) is 14.9. The van der Waals surface area contributed by atoms with Crippen LogP contribution in [0.1, 0.15) is 66.7 Å². The Hall–Kier alpha value is -1.06. The molecule has 0 aliphatic rings. The van der Waals surface area contributed by atoms with Crippen molar-refractivity contribution in [2.45, 2.75) is 72.3 Å². The van der Waals surface area contributed by atoms with Gasteiger partial charge in [-0.15, -0.1) is 0 Å². The number of amides is 1.